The van der Waals surface area contributed by atoms with Crippen LogP contribution in [-0.2, 0) is 23.9 Å². The average molecular weight is 322 g/mol. The van der Waals surface area contributed by atoms with Gasteiger partial charge in [-0.1, -0.05) is 12.8 Å². The number of carbonyl (C=O) groups excluding carboxylic acids is 3. The summed E-state index contributed by atoms with van der Waals surface area (Å²) >= 11 is 0. The Bertz CT molecular complexity index is 532. The first-order valence-corrected chi connectivity index (χ1v) is 8.68. The topological polar surface area (TPSA) is 69.7 Å². The summed E-state index contributed by atoms with van der Waals surface area (Å²) < 4.78 is 11.0. The maximum absolute atomic E-state index is 12.9. The summed E-state index contributed by atoms with van der Waals surface area (Å²) in [5.41, 5.74) is -0.578. The summed E-state index contributed by atoms with van der Waals surface area (Å²) in [6.45, 7) is 7.31. The Kier molecular flexibility index (Phi) is 4.01. The number of ketones is 1. The number of esters is 2. The number of carbonyl (C=O) groups is 3. The van der Waals surface area contributed by atoms with Crippen LogP contribution < -0.4 is 0 Å². The minimum Gasteiger partial charge on any atom is -0.462 e. The van der Waals surface area contributed by atoms with E-state index < -0.39 is 29.5 Å². The van der Waals surface area contributed by atoms with E-state index in [0.717, 1.165) is 25.7 Å². The van der Waals surface area contributed by atoms with Gasteiger partial charge >= 0.3 is 11.9 Å². The number of cyclic esters (lactones) is 1. The number of fused-ring (bicyclic) bond motifs is 2. The molecule has 6 atom stereocenters. The van der Waals surface area contributed by atoms with E-state index in [-0.39, 0.29) is 29.5 Å². The van der Waals surface area contributed by atoms with Crippen molar-refractivity contribution in [3.05, 3.63) is 0 Å². The third-order valence-electron chi connectivity index (χ3n) is 5.53. The van der Waals surface area contributed by atoms with Gasteiger partial charge in [-0.05, 0) is 46.5 Å². The molecule has 0 spiro atoms. The highest BCUT2D eigenvalue weighted by Crippen LogP contribution is 2.51. The van der Waals surface area contributed by atoms with Crippen LogP contribution in [0.25, 0.3) is 0 Å². The molecule has 0 aromatic heterocycles. The fourth-order valence-corrected chi connectivity index (χ4v) is 4.73. The molecule has 1 aliphatic heterocycles. The maximum Gasteiger partial charge on any atom is 0.317 e. The Hall–Kier alpha value is -1.39. The van der Waals surface area contributed by atoms with Crippen LogP contribution in [0.4, 0.5) is 0 Å². The molecule has 0 bridgehead atoms. The van der Waals surface area contributed by atoms with E-state index in [2.05, 4.69) is 0 Å². The van der Waals surface area contributed by atoms with Gasteiger partial charge in [-0.15, -0.1) is 0 Å². The molecule has 0 amide bonds. The zero-order valence-corrected chi connectivity index (χ0v) is 14.3. The highest BCUT2D eigenvalue weighted by Gasteiger charge is 2.61. The van der Waals surface area contributed by atoms with Crippen molar-refractivity contribution in [2.45, 2.75) is 65.1 Å². The molecule has 3 fully saturated rings. The highest BCUT2D eigenvalue weighted by molar-refractivity contribution is 6.03. The second-order valence-corrected chi connectivity index (χ2v) is 8.21. The van der Waals surface area contributed by atoms with E-state index in [4.69, 9.17) is 9.47 Å². The van der Waals surface area contributed by atoms with Gasteiger partial charge in [-0.25, -0.2) is 0 Å². The molecule has 2 saturated carbocycles. The lowest BCUT2D eigenvalue weighted by Gasteiger charge is -2.44. The largest absolute Gasteiger partial charge is 0.462 e. The van der Waals surface area contributed by atoms with Crippen LogP contribution in [0, 0.1) is 29.6 Å². The van der Waals surface area contributed by atoms with Crippen molar-refractivity contribution < 1.29 is 23.9 Å². The minimum atomic E-state index is -0.776. The van der Waals surface area contributed by atoms with Gasteiger partial charge in [0.15, 0.2) is 5.78 Å². The van der Waals surface area contributed by atoms with E-state index in [9.17, 15) is 14.4 Å². The Labute approximate surface area is 137 Å². The summed E-state index contributed by atoms with van der Waals surface area (Å²) in [6, 6.07) is 0. The van der Waals surface area contributed by atoms with Crippen LogP contribution in [0.15, 0.2) is 0 Å². The van der Waals surface area contributed by atoms with Crippen molar-refractivity contribution in [2.24, 2.45) is 29.6 Å². The van der Waals surface area contributed by atoms with Crippen LogP contribution in [0.3, 0.4) is 0 Å². The molecule has 1 heterocycles. The van der Waals surface area contributed by atoms with Gasteiger partial charge in [0.25, 0.3) is 0 Å². The molecular formula is C18H26O5. The summed E-state index contributed by atoms with van der Waals surface area (Å²) in [5.74, 6) is -2.50. The lowest BCUT2D eigenvalue weighted by Crippen LogP contribution is -2.53. The normalized spacial score (nSPS) is 40.2. The Morgan fingerprint density at radius 3 is 2.48 bits per heavy atom. The predicted octanol–water partition coefficient (Wildman–Crippen LogP) is 2.51. The van der Waals surface area contributed by atoms with Gasteiger partial charge in [0.05, 0.1) is 5.92 Å². The smallest absolute Gasteiger partial charge is 0.317 e. The maximum atomic E-state index is 12.9. The van der Waals surface area contributed by atoms with Gasteiger partial charge in [-0.3, -0.25) is 14.4 Å². The monoisotopic (exact) mass is 322 g/mol. The van der Waals surface area contributed by atoms with Gasteiger partial charge in [0.2, 0.25) is 0 Å². The number of Topliss-reactive ketones (excluding diaryl/α,β-unsaturated/α-hetero) is 1. The zero-order valence-electron chi connectivity index (χ0n) is 14.3. The van der Waals surface area contributed by atoms with Crippen molar-refractivity contribution in [1.82, 2.24) is 0 Å². The average Bonchev–Trinajstić information content (AvgIpc) is 2.73. The van der Waals surface area contributed by atoms with Gasteiger partial charge < -0.3 is 9.47 Å². The van der Waals surface area contributed by atoms with Crippen molar-refractivity contribution in [3.8, 4) is 0 Å². The molecule has 23 heavy (non-hydrogen) atoms. The Balaban J connectivity index is 1.97. The van der Waals surface area contributed by atoms with E-state index in [1.807, 2.05) is 20.8 Å². The van der Waals surface area contributed by atoms with Crippen LogP contribution in [-0.4, -0.2) is 29.4 Å². The molecule has 0 aromatic carbocycles. The molecule has 0 unspecified atom stereocenters. The fourth-order valence-electron chi connectivity index (χ4n) is 4.73. The Morgan fingerprint density at radius 1 is 1.17 bits per heavy atom. The number of hydrogen-bond acceptors (Lipinski definition) is 5. The van der Waals surface area contributed by atoms with E-state index in [0.29, 0.717) is 0 Å². The standard InChI is InChI=1S/C18H26O5/c1-9-12-13(17(21)23-18(2,3)4)10-7-5-6-8-11(10)15(19)14(12)16(20)22-9/h9-14H,5-8H2,1-4H3/t9-,10-,11-,12+,13-,14+/m0/s1. The lowest BCUT2D eigenvalue weighted by molar-refractivity contribution is -0.172. The minimum absolute atomic E-state index is 0.00569. The molecule has 5 heteroatoms. The van der Waals surface area contributed by atoms with Crippen LogP contribution >= 0.6 is 0 Å². The molecule has 5 nitrogen and oxygen atoms in total. The number of ether oxygens (including phenoxy) is 2. The second-order valence-electron chi connectivity index (χ2n) is 8.21. The molecule has 0 N–H and O–H groups in total. The first kappa shape index (κ1) is 16.5. The third kappa shape index (κ3) is 2.79. The Morgan fingerprint density at radius 2 is 1.83 bits per heavy atom. The molecule has 2 aliphatic carbocycles. The molecule has 0 aromatic rings. The van der Waals surface area contributed by atoms with Crippen molar-refractivity contribution >= 4 is 17.7 Å². The van der Waals surface area contributed by atoms with E-state index >= 15 is 0 Å². The summed E-state index contributed by atoms with van der Waals surface area (Å²) in [5, 5.41) is 0. The van der Waals surface area contributed by atoms with Crippen LogP contribution in [0.5, 0.6) is 0 Å². The van der Waals surface area contributed by atoms with E-state index in [1.165, 1.54) is 0 Å². The van der Waals surface area contributed by atoms with Crippen LogP contribution in [0.2, 0.25) is 0 Å². The second kappa shape index (κ2) is 5.60. The molecular weight excluding hydrogens is 296 g/mol. The van der Waals surface area contributed by atoms with E-state index in [1.54, 1.807) is 6.92 Å². The zero-order chi connectivity index (χ0) is 16.9. The number of hydrogen-bond donors (Lipinski definition) is 0. The van der Waals surface area contributed by atoms with Crippen molar-refractivity contribution in [1.29, 1.82) is 0 Å². The van der Waals surface area contributed by atoms with Gasteiger partial charge in [-0.2, -0.15) is 0 Å². The number of rotatable bonds is 1. The summed E-state index contributed by atoms with van der Waals surface area (Å²) in [7, 11) is 0. The third-order valence-corrected chi connectivity index (χ3v) is 5.53. The molecule has 128 valence electrons. The SMILES string of the molecule is C[C@@H]1OC(=O)[C@H]2C(=O)[C@H]3CCCC[C@@H]3[C@H](C(=O)OC(C)(C)C)[C@H]21. The lowest BCUT2D eigenvalue weighted by atomic mass is 9.57. The molecule has 3 aliphatic rings. The summed E-state index contributed by atoms with van der Waals surface area (Å²) in [6.07, 6.45) is 3.22. The molecule has 3 rings (SSSR count). The molecule has 0 radical (unpaired) electrons. The highest BCUT2D eigenvalue weighted by atomic mass is 16.6. The molecule has 1 saturated heterocycles. The predicted molar refractivity (Wildman–Crippen MR) is 82.3 cm³/mol. The van der Waals surface area contributed by atoms with Crippen molar-refractivity contribution in [3.63, 3.8) is 0 Å². The first-order chi connectivity index (χ1) is 10.7. The van der Waals surface area contributed by atoms with Crippen molar-refractivity contribution in [2.75, 3.05) is 0 Å². The van der Waals surface area contributed by atoms with Gasteiger partial charge in [0, 0.05) is 11.8 Å². The first-order valence-electron chi connectivity index (χ1n) is 8.68. The van der Waals surface area contributed by atoms with Crippen LogP contribution in [0.1, 0.15) is 53.4 Å². The van der Waals surface area contributed by atoms with Gasteiger partial charge in [0.1, 0.15) is 17.6 Å². The quantitative estimate of drug-likeness (QED) is 0.548. The summed E-state index contributed by atoms with van der Waals surface area (Å²) in [4.78, 5) is 37.8. The fraction of sp³-hybridized carbons (Fsp3) is 0.833.